The van der Waals surface area contributed by atoms with Crippen LogP contribution in [0.25, 0.3) is 0 Å². The van der Waals surface area contributed by atoms with Crippen LogP contribution in [0.4, 0.5) is 4.39 Å². The maximum atomic E-state index is 12.8. The number of nitrogens with one attached hydrogen (secondary N) is 1. The van der Waals surface area contributed by atoms with E-state index in [-0.39, 0.29) is 24.4 Å². The van der Waals surface area contributed by atoms with Crippen molar-refractivity contribution in [1.82, 2.24) is 5.32 Å². The SMILES string of the molecule is CCC(CCO)NC(=O)C(C)(C)Oc1ccc(F)cc1. The molecular weight excluding hydrogens is 261 g/mol. The van der Waals surface area contributed by atoms with Gasteiger partial charge in [-0.1, -0.05) is 6.92 Å². The smallest absolute Gasteiger partial charge is 0.263 e. The van der Waals surface area contributed by atoms with Crippen molar-refractivity contribution in [3.8, 4) is 5.75 Å². The molecule has 0 heterocycles. The van der Waals surface area contributed by atoms with Gasteiger partial charge < -0.3 is 15.2 Å². The molecule has 1 aromatic carbocycles. The Hall–Kier alpha value is -1.62. The lowest BCUT2D eigenvalue weighted by Gasteiger charge is -2.28. The molecule has 2 N–H and O–H groups in total. The first-order valence-corrected chi connectivity index (χ1v) is 6.75. The van der Waals surface area contributed by atoms with E-state index in [4.69, 9.17) is 9.84 Å². The summed E-state index contributed by atoms with van der Waals surface area (Å²) in [6.07, 6.45) is 1.24. The number of halogens is 1. The first kappa shape index (κ1) is 16.4. The average molecular weight is 283 g/mol. The largest absolute Gasteiger partial charge is 0.478 e. The monoisotopic (exact) mass is 283 g/mol. The van der Waals surface area contributed by atoms with E-state index < -0.39 is 5.60 Å². The summed E-state index contributed by atoms with van der Waals surface area (Å²) in [6, 6.07) is 5.45. The van der Waals surface area contributed by atoms with Gasteiger partial charge in [0.25, 0.3) is 5.91 Å². The third kappa shape index (κ3) is 4.81. The van der Waals surface area contributed by atoms with Gasteiger partial charge in [0.15, 0.2) is 5.60 Å². The number of hydrogen-bond acceptors (Lipinski definition) is 3. The number of hydrogen-bond donors (Lipinski definition) is 2. The first-order chi connectivity index (χ1) is 9.39. The Morgan fingerprint density at radius 1 is 1.40 bits per heavy atom. The van der Waals surface area contributed by atoms with Crippen molar-refractivity contribution in [3.63, 3.8) is 0 Å². The Morgan fingerprint density at radius 2 is 2.00 bits per heavy atom. The van der Waals surface area contributed by atoms with Gasteiger partial charge in [0, 0.05) is 12.6 Å². The normalized spacial score (nSPS) is 12.8. The van der Waals surface area contributed by atoms with Crippen LogP contribution in [0, 0.1) is 5.82 Å². The van der Waals surface area contributed by atoms with E-state index in [1.54, 1.807) is 13.8 Å². The molecule has 1 rings (SSSR count). The fraction of sp³-hybridized carbons (Fsp3) is 0.533. The van der Waals surface area contributed by atoms with E-state index >= 15 is 0 Å². The molecule has 0 aliphatic rings. The second-order valence-corrected chi connectivity index (χ2v) is 5.16. The zero-order valence-corrected chi connectivity index (χ0v) is 12.1. The molecule has 0 aliphatic carbocycles. The van der Waals surface area contributed by atoms with Gasteiger partial charge in [0.1, 0.15) is 11.6 Å². The van der Waals surface area contributed by atoms with Gasteiger partial charge in [-0.25, -0.2) is 4.39 Å². The minimum atomic E-state index is -1.07. The van der Waals surface area contributed by atoms with Gasteiger partial charge in [-0.3, -0.25) is 4.79 Å². The van der Waals surface area contributed by atoms with Gasteiger partial charge in [-0.15, -0.1) is 0 Å². The standard InChI is InChI=1S/C15H22FNO3/c1-4-12(9-10-18)17-14(19)15(2,3)20-13-7-5-11(16)6-8-13/h5-8,12,18H,4,9-10H2,1-3H3,(H,17,19). The van der Waals surface area contributed by atoms with E-state index in [0.29, 0.717) is 12.2 Å². The van der Waals surface area contributed by atoms with Crippen LogP contribution in [0.5, 0.6) is 5.75 Å². The summed E-state index contributed by atoms with van der Waals surface area (Å²) < 4.78 is 18.4. The molecule has 0 aliphatic heterocycles. The predicted octanol–water partition coefficient (Wildman–Crippen LogP) is 2.26. The first-order valence-electron chi connectivity index (χ1n) is 6.75. The molecule has 4 nitrogen and oxygen atoms in total. The van der Waals surface area contributed by atoms with Gasteiger partial charge >= 0.3 is 0 Å². The molecule has 1 aromatic rings. The molecule has 1 unspecified atom stereocenters. The molecule has 0 bridgehead atoms. The van der Waals surface area contributed by atoms with Gasteiger partial charge in [0.2, 0.25) is 0 Å². The van der Waals surface area contributed by atoms with Crippen molar-refractivity contribution < 1.29 is 19.0 Å². The quantitative estimate of drug-likeness (QED) is 0.807. The molecule has 0 saturated heterocycles. The predicted molar refractivity (Wildman–Crippen MR) is 75.0 cm³/mol. The Kier molecular flexibility index (Phi) is 5.95. The van der Waals surface area contributed by atoms with Crippen molar-refractivity contribution >= 4 is 5.91 Å². The van der Waals surface area contributed by atoms with E-state index in [1.807, 2.05) is 6.92 Å². The van der Waals surface area contributed by atoms with Gasteiger partial charge in [-0.2, -0.15) is 0 Å². The summed E-state index contributed by atoms with van der Waals surface area (Å²) in [7, 11) is 0. The number of rotatable bonds is 7. The minimum absolute atomic E-state index is 0.0258. The number of carbonyl (C=O) groups excluding carboxylic acids is 1. The second-order valence-electron chi connectivity index (χ2n) is 5.16. The van der Waals surface area contributed by atoms with Crippen LogP contribution in [-0.4, -0.2) is 29.3 Å². The van der Waals surface area contributed by atoms with Crippen LogP contribution < -0.4 is 10.1 Å². The number of amides is 1. The van der Waals surface area contributed by atoms with Crippen molar-refractivity contribution in [2.45, 2.75) is 45.3 Å². The van der Waals surface area contributed by atoms with E-state index in [0.717, 1.165) is 6.42 Å². The third-order valence-corrected chi connectivity index (χ3v) is 3.04. The van der Waals surface area contributed by atoms with Gasteiger partial charge in [-0.05, 0) is 51.0 Å². The topological polar surface area (TPSA) is 58.6 Å². The third-order valence-electron chi connectivity index (χ3n) is 3.04. The molecule has 0 fully saturated rings. The number of ether oxygens (including phenoxy) is 1. The summed E-state index contributed by atoms with van der Waals surface area (Å²) in [6.45, 7) is 5.27. The molecule has 20 heavy (non-hydrogen) atoms. The fourth-order valence-corrected chi connectivity index (χ4v) is 1.74. The molecule has 5 heteroatoms. The highest BCUT2D eigenvalue weighted by molar-refractivity contribution is 5.84. The van der Waals surface area contributed by atoms with Crippen LogP contribution in [0.3, 0.4) is 0 Å². The molecule has 112 valence electrons. The van der Waals surface area contributed by atoms with Crippen molar-refractivity contribution in [1.29, 1.82) is 0 Å². The Morgan fingerprint density at radius 3 is 2.50 bits per heavy atom. The van der Waals surface area contributed by atoms with Crippen molar-refractivity contribution in [3.05, 3.63) is 30.1 Å². The Bertz CT molecular complexity index is 431. The summed E-state index contributed by atoms with van der Waals surface area (Å²) in [5.74, 6) is -0.183. The van der Waals surface area contributed by atoms with Crippen molar-refractivity contribution in [2.75, 3.05) is 6.61 Å². The zero-order chi connectivity index (χ0) is 15.2. The number of aliphatic hydroxyl groups is 1. The molecule has 1 atom stereocenters. The number of benzene rings is 1. The van der Waals surface area contributed by atoms with E-state index in [9.17, 15) is 9.18 Å². The number of aliphatic hydroxyl groups excluding tert-OH is 1. The molecule has 1 amide bonds. The van der Waals surface area contributed by atoms with Crippen LogP contribution in [0.1, 0.15) is 33.6 Å². The Labute approximate surface area is 119 Å². The molecule has 0 saturated carbocycles. The van der Waals surface area contributed by atoms with Crippen LogP contribution in [0.15, 0.2) is 24.3 Å². The summed E-state index contributed by atoms with van der Waals surface area (Å²) in [4.78, 5) is 12.2. The minimum Gasteiger partial charge on any atom is -0.478 e. The van der Waals surface area contributed by atoms with E-state index in [1.165, 1.54) is 24.3 Å². The lowest BCUT2D eigenvalue weighted by atomic mass is 10.1. The summed E-state index contributed by atoms with van der Waals surface area (Å²) >= 11 is 0. The van der Waals surface area contributed by atoms with Crippen molar-refractivity contribution in [2.24, 2.45) is 0 Å². The molecule has 0 spiro atoms. The Balaban J connectivity index is 2.66. The zero-order valence-electron chi connectivity index (χ0n) is 12.1. The molecule has 0 radical (unpaired) electrons. The average Bonchev–Trinajstić information content (AvgIpc) is 2.40. The highest BCUT2D eigenvalue weighted by Gasteiger charge is 2.31. The fourth-order valence-electron chi connectivity index (χ4n) is 1.74. The summed E-state index contributed by atoms with van der Waals surface area (Å²) in [5.41, 5.74) is -1.07. The lowest BCUT2D eigenvalue weighted by Crippen LogP contribution is -2.50. The second kappa shape index (κ2) is 7.24. The van der Waals surface area contributed by atoms with Crippen LogP contribution in [0.2, 0.25) is 0 Å². The van der Waals surface area contributed by atoms with Crippen LogP contribution in [-0.2, 0) is 4.79 Å². The van der Waals surface area contributed by atoms with Crippen LogP contribution >= 0.6 is 0 Å². The molecular formula is C15H22FNO3. The van der Waals surface area contributed by atoms with E-state index in [2.05, 4.69) is 5.32 Å². The van der Waals surface area contributed by atoms with Gasteiger partial charge in [0.05, 0.1) is 0 Å². The maximum absolute atomic E-state index is 12.8. The highest BCUT2D eigenvalue weighted by Crippen LogP contribution is 2.19. The summed E-state index contributed by atoms with van der Waals surface area (Å²) in [5, 5.41) is 11.8. The maximum Gasteiger partial charge on any atom is 0.263 e. The highest BCUT2D eigenvalue weighted by atomic mass is 19.1. The lowest BCUT2D eigenvalue weighted by molar-refractivity contribution is -0.135. The number of carbonyl (C=O) groups is 1. The molecule has 0 aromatic heterocycles.